The van der Waals surface area contributed by atoms with Gasteiger partial charge in [0, 0.05) is 0 Å². The average Bonchev–Trinajstić information content (AvgIpc) is 2.53. The minimum atomic E-state index is 0.270. The molecule has 0 aromatic rings. The Kier molecular flexibility index (Phi) is 1.06. The van der Waals surface area contributed by atoms with Crippen molar-refractivity contribution in [1.29, 1.82) is 5.26 Å². The first-order valence-electron chi connectivity index (χ1n) is 4.42. The Balaban J connectivity index is 2.32. The van der Waals surface area contributed by atoms with Gasteiger partial charge in [0.2, 0.25) is 0 Å². The number of nitriles is 1. The van der Waals surface area contributed by atoms with Crippen LogP contribution in [-0.2, 0) is 0 Å². The van der Waals surface area contributed by atoms with E-state index in [9.17, 15) is 0 Å². The second kappa shape index (κ2) is 1.63. The lowest BCUT2D eigenvalue weighted by Crippen LogP contribution is -2.26. The summed E-state index contributed by atoms with van der Waals surface area (Å²) in [5.41, 5.74) is 0.778. The molecule has 0 heterocycles. The molecule has 0 spiro atoms. The van der Waals surface area contributed by atoms with Crippen molar-refractivity contribution in [1.82, 2.24) is 0 Å². The Morgan fingerprint density at radius 1 is 1.36 bits per heavy atom. The fourth-order valence-electron chi connectivity index (χ4n) is 2.78. The van der Waals surface area contributed by atoms with E-state index in [2.05, 4.69) is 26.8 Å². The van der Waals surface area contributed by atoms with Crippen molar-refractivity contribution < 1.29 is 0 Å². The van der Waals surface area contributed by atoms with Gasteiger partial charge in [0.15, 0.2) is 0 Å². The highest BCUT2D eigenvalue weighted by molar-refractivity contribution is 5.19. The third-order valence-electron chi connectivity index (χ3n) is 4.43. The third kappa shape index (κ3) is 0.612. The highest BCUT2D eigenvalue weighted by Gasteiger charge is 2.67. The van der Waals surface area contributed by atoms with Crippen LogP contribution in [-0.4, -0.2) is 0 Å². The normalized spacial score (nSPS) is 51.5. The molecule has 0 aromatic heterocycles. The molecule has 3 unspecified atom stereocenters. The summed E-state index contributed by atoms with van der Waals surface area (Å²) in [6.07, 6.45) is 2.51. The first-order valence-corrected chi connectivity index (χ1v) is 4.42. The van der Waals surface area contributed by atoms with E-state index in [-0.39, 0.29) is 5.41 Å². The fourth-order valence-corrected chi connectivity index (χ4v) is 2.78. The Morgan fingerprint density at radius 3 is 2.27 bits per heavy atom. The van der Waals surface area contributed by atoms with Crippen molar-refractivity contribution in [2.45, 2.75) is 33.6 Å². The maximum absolute atomic E-state index is 8.90. The molecule has 3 atom stereocenters. The van der Waals surface area contributed by atoms with E-state index in [0.29, 0.717) is 11.3 Å². The van der Waals surface area contributed by atoms with Crippen molar-refractivity contribution in [3.8, 4) is 6.07 Å². The predicted octanol–water partition coefficient (Wildman–Crippen LogP) is 2.58. The number of hydrogen-bond acceptors (Lipinski definition) is 1. The molecule has 0 saturated heterocycles. The molecular weight excluding hydrogens is 134 g/mol. The van der Waals surface area contributed by atoms with Gasteiger partial charge in [0.25, 0.3) is 0 Å². The Bertz CT molecular complexity index is 236. The van der Waals surface area contributed by atoms with E-state index >= 15 is 0 Å². The molecule has 2 saturated carbocycles. The summed E-state index contributed by atoms with van der Waals surface area (Å²) in [7, 11) is 0. The van der Waals surface area contributed by atoms with E-state index in [1.54, 1.807) is 0 Å². The molecule has 1 heteroatoms. The molecular formula is C10H15N. The van der Waals surface area contributed by atoms with Crippen LogP contribution in [0.1, 0.15) is 33.6 Å². The first-order chi connectivity index (χ1) is 5.02. The molecule has 2 aliphatic carbocycles. The third-order valence-corrected chi connectivity index (χ3v) is 4.43. The van der Waals surface area contributed by atoms with Crippen LogP contribution >= 0.6 is 0 Å². The summed E-state index contributed by atoms with van der Waals surface area (Å²) in [4.78, 5) is 0. The lowest BCUT2D eigenvalue weighted by molar-refractivity contribution is 0.184. The maximum atomic E-state index is 8.90. The second-order valence-corrected chi connectivity index (χ2v) is 4.96. The predicted molar refractivity (Wildman–Crippen MR) is 43.7 cm³/mol. The van der Waals surface area contributed by atoms with Crippen LogP contribution in [0.3, 0.4) is 0 Å². The lowest BCUT2D eigenvalue weighted by Gasteiger charge is -2.31. The van der Waals surface area contributed by atoms with Gasteiger partial charge in [-0.15, -0.1) is 0 Å². The average molecular weight is 149 g/mol. The molecule has 11 heavy (non-hydrogen) atoms. The van der Waals surface area contributed by atoms with Crippen LogP contribution in [0, 0.1) is 34.0 Å². The molecule has 2 fully saturated rings. The van der Waals surface area contributed by atoms with Gasteiger partial charge in [0.1, 0.15) is 0 Å². The van der Waals surface area contributed by atoms with Crippen LogP contribution in [0.15, 0.2) is 0 Å². The highest BCUT2D eigenvalue weighted by atomic mass is 14.7. The van der Waals surface area contributed by atoms with Crippen LogP contribution in [0.25, 0.3) is 0 Å². The van der Waals surface area contributed by atoms with Gasteiger partial charge in [-0.25, -0.2) is 0 Å². The van der Waals surface area contributed by atoms with Crippen molar-refractivity contribution in [3.05, 3.63) is 0 Å². The van der Waals surface area contributed by atoms with E-state index in [1.165, 1.54) is 6.42 Å². The van der Waals surface area contributed by atoms with Gasteiger partial charge >= 0.3 is 0 Å². The van der Waals surface area contributed by atoms with Crippen molar-refractivity contribution >= 4 is 0 Å². The van der Waals surface area contributed by atoms with Crippen LogP contribution in [0.5, 0.6) is 0 Å². The largest absolute Gasteiger partial charge is 0.198 e. The molecule has 0 N–H and O–H groups in total. The molecule has 0 radical (unpaired) electrons. The van der Waals surface area contributed by atoms with Crippen LogP contribution < -0.4 is 0 Å². The quantitative estimate of drug-likeness (QED) is 0.519. The Morgan fingerprint density at radius 2 is 2.00 bits per heavy atom. The molecule has 2 aliphatic rings. The molecule has 0 bridgehead atoms. The summed E-state index contributed by atoms with van der Waals surface area (Å²) in [6.45, 7) is 6.86. The smallest absolute Gasteiger partial charge is 0.0661 e. The highest BCUT2D eigenvalue weighted by Crippen LogP contribution is 2.73. The Hall–Kier alpha value is -0.510. The topological polar surface area (TPSA) is 23.8 Å². The van der Waals surface area contributed by atoms with Crippen LogP contribution in [0.2, 0.25) is 0 Å². The molecule has 1 nitrogen and oxygen atoms in total. The van der Waals surface area contributed by atoms with Gasteiger partial charge in [0.05, 0.1) is 12.0 Å². The minimum absolute atomic E-state index is 0.270. The van der Waals surface area contributed by atoms with Crippen molar-refractivity contribution in [3.63, 3.8) is 0 Å². The maximum Gasteiger partial charge on any atom is 0.0661 e. The molecule has 60 valence electrons. The fraction of sp³-hybridized carbons (Fsp3) is 0.900. The van der Waals surface area contributed by atoms with Gasteiger partial charge in [-0.1, -0.05) is 20.8 Å². The number of rotatable bonds is 0. The Labute approximate surface area is 68.4 Å². The van der Waals surface area contributed by atoms with Gasteiger partial charge in [-0.05, 0) is 29.6 Å². The molecule has 0 aliphatic heterocycles. The summed E-state index contributed by atoms with van der Waals surface area (Å²) in [6, 6.07) is 2.44. The summed E-state index contributed by atoms with van der Waals surface area (Å²) in [5, 5.41) is 8.90. The zero-order chi connectivity index (χ0) is 8.28. The molecule has 0 amide bonds. The van der Waals surface area contributed by atoms with E-state index in [4.69, 9.17) is 5.26 Å². The van der Waals surface area contributed by atoms with Gasteiger partial charge < -0.3 is 0 Å². The zero-order valence-electron chi connectivity index (χ0n) is 7.52. The van der Waals surface area contributed by atoms with Gasteiger partial charge in [-0.3, -0.25) is 0 Å². The van der Waals surface area contributed by atoms with E-state index in [0.717, 1.165) is 12.3 Å². The van der Waals surface area contributed by atoms with Crippen molar-refractivity contribution in [2.75, 3.05) is 0 Å². The van der Waals surface area contributed by atoms with Crippen LogP contribution in [0.4, 0.5) is 0 Å². The first kappa shape index (κ1) is 7.16. The lowest BCUT2D eigenvalue weighted by atomic mass is 9.72. The van der Waals surface area contributed by atoms with E-state index in [1.807, 2.05) is 0 Å². The number of hydrogen-bond donors (Lipinski definition) is 0. The SMILES string of the molecule is CC1(C)C(C#N)CC2CC21C. The summed E-state index contributed by atoms with van der Waals surface area (Å²) >= 11 is 0. The van der Waals surface area contributed by atoms with Crippen molar-refractivity contribution in [2.24, 2.45) is 22.7 Å². The summed E-state index contributed by atoms with van der Waals surface area (Å²) in [5.74, 6) is 1.17. The zero-order valence-corrected chi connectivity index (χ0v) is 7.52. The minimum Gasteiger partial charge on any atom is -0.198 e. The molecule has 2 rings (SSSR count). The number of fused-ring (bicyclic) bond motifs is 1. The monoisotopic (exact) mass is 149 g/mol. The standard InChI is InChI=1S/C10H15N/c1-9(2)8(6-11)4-7-5-10(7,9)3/h7-8H,4-5H2,1-3H3. The second-order valence-electron chi connectivity index (χ2n) is 4.96. The van der Waals surface area contributed by atoms with Gasteiger partial charge in [-0.2, -0.15) is 5.26 Å². The number of nitrogens with zero attached hydrogens (tertiary/aromatic N) is 1. The summed E-state index contributed by atoms with van der Waals surface area (Å²) < 4.78 is 0. The van der Waals surface area contributed by atoms with E-state index < -0.39 is 0 Å². The molecule has 0 aromatic carbocycles.